The summed E-state index contributed by atoms with van der Waals surface area (Å²) in [5.41, 5.74) is 5.39. The van der Waals surface area contributed by atoms with Crippen LogP contribution in [-0.2, 0) is 0 Å². The van der Waals surface area contributed by atoms with E-state index in [1.807, 2.05) is 6.92 Å². The lowest BCUT2D eigenvalue weighted by Crippen LogP contribution is -2.37. The summed E-state index contributed by atoms with van der Waals surface area (Å²) in [5, 5.41) is 4.57. The summed E-state index contributed by atoms with van der Waals surface area (Å²) in [4.78, 5) is 12.2. The molecule has 1 atom stereocenters. The van der Waals surface area contributed by atoms with E-state index in [-0.39, 0.29) is 24.4 Å². The molecule has 0 bridgehead atoms. The summed E-state index contributed by atoms with van der Waals surface area (Å²) in [7, 11) is 1.58. The van der Waals surface area contributed by atoms with Gasteiger partial charge in [0.05, 0.1) is 12.0 Å². The van der Waals surface area contributed by atoms with E-state index >= 15 is 0 Å². The molecule has 1 aromatic heterocycles. The molecule has 0 aliphatic heterocycles. The van der Waals surface area contributed by atoms with Crippen LogP contribution in [0.25, 0.3) is 0 Å². The second kappa shape index (κ2) is 6.66. The largest absolute Gasteiger partial charge is 0.496 e. The monoisotopic (exact) mass is 250 g/mol. The molecule has 6 heteroatoms. The number of rotatable bonds is 4. The molecule has 1 amide bonds. The van der Waals surface area contributed by atoms with Crippen molar-refractivity contribution in [1.29, 1.82) is 0 Å². The molecular weight excluding hydrogens is 236 g/mol. The number of amides is 1. The third-order valence-corrected chi connectivity index (χ3v) is 2.67. The average molecular weight is 251 g/mol. The van der Waals surface area contributed by atoms with Gasteiger partial charge >= 0.3 is 0 Å². The molecule has 0 radical (unpaired) electrons. The molecule has 15 heavy (non-hydrogen) atoms. The Morgan fingerprint density at radius 1 is 1.73 bits per heavy atom. The van der Waals surface area contributed by atoms with Gasteiger partial charge in [-0.1, -0.05) is 0 Å². The molecule has 0 unspecified atom stereocenters. The molecule has 1 aromatic rings. The Morgan fingerprint density at radius 2 is 2.40 bits per heavy atom. The zero-order valence-electron chi connectivity index (χ0n) is 8.65. The van der Waals surface area contributed by atoms with E-state index in [4.69, 9.17) is 10.5 Å². The number of carbonyl (C=O) groups excluding carboxylic acids is 1. The van der Waals surface area contributed by atoms with Crippen LogP contribution in [-0.4, -0.2) is 25.6 Å². The number of methoxy groups -OCH3 is 1. The lowest BCUT2D eigenvalue weighted by atomic mass is 10.3. The Kier molecular flexibility index (Phi) is 6.31. The maximum atomic E-state index is 11.5. The van der Waals surface area contributed by atoms with Crippen molar-refractivity contribution in [3.63, 3.8) is 0 Å². The van der Waals surface area contributed by atoms with Crippen LogP contribution in [0.5, 0.6) is 5.75 Å². The average Bonchev–Trinajstić information content (AvgIpc) is 2.65. The first-order chi connectivity index (χ1) is 6.67. The number of nitrogens with one attached hydrogen (secondary N) is 1. The van der Waals surface area contributed by atoms with Crippen LogP contribution in [0.3, 0.4) is 0 Å². The van der Waals surface area contributed by atoms with Gasteiger partial charge in [-0.2, -0.15) is 0 Å². The number of ether oxygens (including phenoxy) is 1. The molecule has 0 saturated carbocycles. The van der Waals surface area contributed by atoms with E-state index in [2.05, 4.69) is 5.32 Å². The molecule has 86 valence electrons. The Bertz CT molecular complexity index is 317. The predicted molar refractivity (Wildman–Crippen MR) is 64.1 cm³/mol. The van der Waals surface area contributed by atoms with Crippen molar-refractivity contribution < 1.29 is 9.53 Å². The number of hydrogen-bond acceptors (Lipinski definition) is 4. The molecule has 0 saturated heterocycles. The van der Waals surface area contributed by atoms with Gasteiger partial charge in [0.25, 0.3) is 5.91 Å². The van der Waals surface area contributed by atoms with Crippen molar-refractivity contribution in [3.8, 4) is 5.75 Å². The molecule has 0 aromatic carbocycles. The molecule has 0 aliphatic rings. The fourth-order valence-corrected chi connectivity index (χ4v) is 1.66. The van der Waals surface area contributed by atoms with E-state index in [1.165, 1.54) is 11.3 Å². The van der Waals surface area contributed by atoms with Crippen LogP contribution in [0, 0.1) is 0 Å². The van der Waals surface area contributed by atoms with Gasteiger partial charge in [0.2, 0.25) is 0 Å². The normalized spacial score (nSPS) is 11.4. The Labute approximate surface area is 99.2 Å². The van der Waals surface area contributed by atoms with Gasteiger partial charge in [0.15, 0.2) is 0 Å². The van der Waals surface area contributed by atoms with Crippen LogP contribution in [0.2, 0.25) is 0 Å². The molecule has 1 heterocycles. The van der Waals surface area contributed by atoms with Gasteiger partial charge in [-0.25, -0.2) is 0 Å². The fourth-order valence-electron chi connectivity index (χ4n) is 0.899. The standard InChI is InChI=1S/C9H14N2O2S.ClH/c1-6(4-10)11-9(12)8-3-7(13-2)5-14-8;/h3,5-6H,4,10H2,1-2H3,(H,11,12);1H/t6-;/m1./s1. The Balaban J connectivity index is 0.00000196. The molecule has 1 rings (SSSR count). The van der Waals surface area contributed by atoms with Gasteiger partial charge < -0.3 is 15.8 Å². The van der Waals surface area contributed by atoms with Crippen molar-refractivity contribution in [3.05, 3.63) is 16.3 Å². The van der Waals surface area contributed by atoms with Crippen molar-refractivity contribution in [2.45, 2.75) is 13.0 Å². The molecule has 4 nitrogen and oxygen atoms in total. The maximum absolute atomic E-state index is 11.5. The quantitative estimate of drug-likeness (QED) is 0.846. The minimum Gasteiger partial charge on any atom is -0.496 e. The summed E-state index contributed by atoms with van der Waals surface area (Å²) in [6, 6.07) is 1.71. The molecule has 0 spiro atoms. The van der Waals surface area contributed by atoms with Gasteiger partial charge in [-0.3, -0.25) is 4.79 Å². The van der Waals surface area contributed by atoms with Crippen molar-refractivity contribution >= 4 is 29.7 Å². The second-order valence-corrected chi connectivity index (χ2v) is 3.87. The van der Waals surface area contributed by atoms with E-state index < -0.39 is 0 Å². The Hall–Kier alpha value is -0.780. The lowest BCUT2D eigenvalue weighted by Gasteiger charge is -2.09. The Morgan fingerprint density at radius 3 is 2.87 bits per heavy atom. The first-order valence-electron chi connectivity index (χ1n) is 4.30. The smallest absolute Gasteiger partial charge is 0.261 e. The molecule has 0 fully saturated rings. The van der Waals surface area contributed by atoms with E-state index in [0.29, 0.717) is 17.2 Å². The molecule has 0 aliphatic carbocycles. The van der Waals surface area contributed by atoms with Crippen LogP contribution in [0.4, 0.5) is 0 Å². The minimum absolute atomic E-state index is 0. The highest BCUT2D eigenvalue weighted by Crippen LogP contribution is 2.20. The number of halogens is 1. The SMILES string of the molecule is COc1csc(C(=O)N[C@H](C)CN)c1.Cl. The van der Waals surface area contributed by atoms with Crippen LogP contribution >= 0.6 is 23.7 Å². The summed E-state index contributed by atoms with van der Waals surface area (Å²) in [5.74, 6) is 0.608. The summed E-state index contributed by atoms with van der Waals surface area (Å²) in [6.45, 7) is 2.30. The molecule has 3 N–H and O–H groups in total. The minimum atomic E-state index is -0.101. The highest BCUT2D eigenvalue weighted by atomic mass is 35.5. The number of nitrogens with two attached hydrogens (primary N) is 1. The van der Waals surface area contributed by atoms with E-state index in [9.17, 15) is 4.79 Å². The fraction of sp³-hybridized carbons (Fsp3) is 0.444. The summed E-state index contributed by atoms with van der Waals surface area (Å²) in [6.07, 6.45) is 0. The van der Waals surface area contributed by atoms with Crippen LogP contribution < -0.4 is 15.8 Å². The summed E-state index contributed by atoms with van der Waals surface area (Å²) < 4.78 is 4.98. The second-order valence-electron chi connectivity index (χ2n) is 2.96. The topological polar surface area (TPSA) is 64.3 Å². The first-order valence-corrected chi connectivity index (χ1v) is 5.18. The number of carbonyl (C=O) groups is 1. The molecular formula is C9H15ClN2O2S. The first kappa shape index (κ1) is 14.2. The maximum Gasteiger partial charge on any atom is 0.261 e. The van der Waals surface area contributed by atoms with Gasteiger partial charge in [-0.15, -0.1) is 23.7 Å². The van der Waals surface area contributed by atoms with Crippen LogP contribution in [0.15, 0.2) is 11.4 Å². The van der Waals surface area contributed by atoms with Crippen LogP contribution in [0.1, 0.15) is 16.6 Å². The lowest BCUT2D eigenvalue weighted by molar-refractivity contribution is 0.0945. The zero-order chi connectivity index (χ0) is 10.6. The van der Waals surface area contributed by atoms with Crippen molar-refractivity contribution in [2.24, 2.45) is 5.73 Å². The predicted octanol–water partition coefficient (Wildman–Crippen LogP) is 1.26. The third-order valence-electron chi connectivity index (χ3n) is 1.77. The van der Waals surface area contributed by atoms with Crippen molar-refractivity contribution in [1.82, 2.24) is 5.32 Å². The van der Waals surface area contributed by atoms with Gasteiger partial charge in [0.1, 0.15) is 5.75 Å². The van der Waals surface area contributed by atoms with E-state index in [0.717, 1.165) is 0 Å². The van der Waals surface area contributed by atoms with E-state index in [1.54, 1.807) is 18.6 Å². The summed E-state index contributed by atoms with van der Waals surface area (Å²) >= 11 is 1.36. The highest BCUT2D eigenvalue weighted by Gasteiger charge is 2.11. The van der Waals surface area contributed by atoms with Crippen molar-refractivity contribution in [2.75, 3.05) is 13.7 Å². The number of thiophene rings is 1. The third kappa shape index (κ3) is 4.07. The number of hydrogen-bond donors (Lipinski definition) is 2. The van der Waals surface area contributed by atoms with Gasteiger partial charge in [0, 0.05) is 24.0 Å². The highest BCUT2D eigenvalue weighted by molar-refractivity contribution is 7.12. The zero-order valence-corrected chi connectivity index (χ0v) is 10.3. The van der Waals surface area contributed by atoms with Gasteiger partial charge in [-0.05, 0) is 6.92 Å².